The minimum Gasteiger partial charge on any atom is -0.504 e. The summed E-state index contributed by atoms with van der Waals surface area (Å²) in [5, 5.41) is 11.0. The fourth-order valence-electron chi connectivity index (χ4n) is 3.36. The van der Waals surface area contributed by atoms with Gasteiger partial charge in [0.25, 0.3) is 5.91 Å². The van der Waals surface area contributed by atoms with Crippen LogP contribution in [0.3, 0.4) is 0 Å². The van der Waals surface area contributed by atoms with Gasteiger partial charge in [0.05, 0.1) is 10.7 Å². The number of epoxide rings is 1. The summed E-state index contributed by atoms with van der Waals surface area (Å²) >= 11 is 12.3. The molecule has 6 heteroatoms. The van der Waals surface area contributed by atoms with Crippen LogP contribution in [0.5, 0.6) is 5.75 Å². The van der Waals surface area contributed by atoms with Crippen LogP contribution < -0.4 is 4.90 Å². The second-order valence-corrected chi connectivity index (χ2v) is 7.42. The van der Waals surface area contributed by atoms with Gasteiger partial charge in [-0.05, 0) is 38.5 Å². The molecule has 134 valence electrons. The lowest BCUT2D eigenvalue weighted by Crippen LogP contribution is -2.38. The van der Waals surface area contributed by atoms with Gasteiger partial charge in [0.2, 0.25) is 0 Å². The minimum absolute atomic E-state index is 0.101. The highest BCUT2D eigenvalue weighted by atomic mass is 35.5. The summed E-state index contributed by atoms with van der Waals surface area (Å²) < 4.78 is 5.83. The number of carbonyl (C=O) groups excluding carboxylic acids is 1. The number of halogens is 2. The van der Waals surface area contributed by atoms with E-state index in [2.05, 4.69) is 6.08 Å². The van der Waals surface area contributed by atoms with Crippen LogP contribution in [0.25, 0.3) is 0 Å². The molecule has 1 aromatic carbocycles. The van der Waals surface area contributed by atoms with E-state index < -0.39 is 11.7 Å². The Balaban J connectivity index is 1.92. The number of hydrogen-bond donors (Lipinski definition) is 1. The maximum absolute atomic E-state index is 13.0. The van der Waals surface area contributed by atoms with Crippen LogP contribution in [-0.4, -0.2) is 29.3 Å². The number of ether oxygens (including phenoxy) is 1. The van der Waals surface area contributed by atoms with Gasteiger partial charge in [0.15, 0.2) is 11.9 Å². The zero-order valence-corrected chi connectivity index (χ0v) is 16.1. The molecule has 3 atom stereocenters. The zero-order chi connectivity index (χ0) is 18.5. The molecule has 1 aliphatic heterocycles. The molecule has 1 spiro atoms. The van der Waals surface area contributed by atoms with Crippen molar-refractivity contribution in [3.63, 3.8) is 0 Å². The highest BCUT2D eigenvalue weighted by molar-refractivity contribution is 6.37. The Morgan fingerprint density at radius 3 is 2.68 bits per heavy atom. The van der Waals surface area contributed by atoms with E-state index in [1.807, 2.05) is 32.9 Å². The van der Waals surface area contributed by atoms with Crippen molar-refractivity contribution in [2.75, 3.05) is 11.4 Å². The molecule has 1 heterocycles. The van der Waals surface area contributed by atoms with Crippen LogP contribution >= 0.6 is 23.2 Å². The molecule has 0 aromatic heterocycles. The van der Waals surface area contributed by atoms with Crippen molar-refractivity contribution >= 4 is 34.8 Å². The Hall–Kier alpha value is -1.49. The minimum atomic E-state index is -0.599. The Labute approximate surface area is 157 Å². The number of benzene rings is 1. The maximum Gasteiger partial charge on any atom is 0.259 e. The van der Waals surface area contributed by atoms with E-state index in [0.717, 1.165) is 5.57 Å². The molecular formula is C19H21Cl2NO3. The molecule has 1 amide bonds. The highest BCUT2D eigenvalue weighted by Gasteiger charge is 2.63. The first-order chi connectivity index (χ1) is 11.7. The van der Waals surface area contributed by atoms with Gasteiger partial charge < -0.3 is 14.7 Å². The summed E-state index contributed by atoms with van der Waals surface area (Å²) in [6.07, 6.45) is 5.45. The maximum atomic E-state index is 13.0. The largest absolute Gasteiger partial charge is 0.504 e. The van der Waals surface area contributed by atoms with Gasteiger partial charge in [0.1, 0.15) is 5.60 Å². The van der Waals surface area contributed by atoms with Crippen molar-refractivity contribution in [1.29, 1.82) is 0 Å². The van der Waals surface area contributed by atoms with Gasteiger partial charge in [-0.2, -0.15) is 0 Å². The van der Waals surface area contributed by atoms with Crippen molar-refractivity contribution in [2.24, 2.45) is 5.92 Å². The van der Waals surface area contributed by atoms with Gasteiger partial charge in [-0.25, -0.2) is 0 Å². The molecule has 3 rings (SSSR count). The smallest absolute Gasteiger partial charge is 0.259 e. The third-order valence-electron chi connectivity index (χ3n) is 5.00. The van der Waals surface area contributed by atoms with Crippen molar-refractivity contribution < 1.29 is 14.6 Å². The third kappa shape index (κ3) is 2.86. The highest BCUT2D eigenvalue weighted by Crippen LogP contribution is 2.49. The van der Waals surface area contributed by atoms with Gasteiger partial charge in [0, 0.05) is 17.5 Å². The first kappa shape index (κ1) is 18.3. The zero-order valence-electron chi connectivity index (χ0n) is 14.6. The first-order valence-electron chi connectivity index (χ1n) is 8.27. The summed E-state index contributed by atoms with van der Waals surface area (Å²) in [4.78, 5) is 14.5. The van der Waals surface area contributed by atoms with Crippen LogP contribution in [-0.2, 0) is 9.53 Å². The molecule has 1 N–H and O–H groups in total. The summed E-state index contributed by atoms with van der Waals surface area (Å²) in [6.45, 7) is 7.97. The number of allylic oxidation sites excluding steroid dienone is 2. The fourth-order valence-corrected chi connectivity index (χ4v) is 3.81. The Morgan fingerprint density at radius 1 is 1.40 bits per heavy atom. The lowest BCUT2D eigenvalue weighted by Gasteiger charge is -2.24. The average molecular weight is 382 g/mol. The fraction of sp³-hybridized carbons (Fsp3) is 0.421. The van der Waals surface area contributed by atoms with Crippen molar-refractivity contribution in [3.8, 4) is 5.75 Å². The standard InChI is InChI=1S/C19H21Cl2NO3/c1-5-22(14-9-13(20)12(4)15(21)16(14)23)18(24)17-19(25-17)7-6-10(2)8-11(19)3/h6-9,11,17,23H,5H2,1-4H3. The summed E-state index contributed by atoms with van der Waals surface area (Å²) in [6, 6.07) is 1.57. The van der Waals surface area contributed by atoms with E-state index in [0.29, 0.717) is 22.8 Å². The molecule has 1 saturated heterocycles. The Kier molecular flexibility index (Phi) is 4.65. The number of phenolic OH excluding ortho intramolecular Hbond substituents is 1. The van der Waals surface area contributed by atoms with Gasteiger partial charge >= 0.3 is 0 Å². The van der Waals surface area contributed by atoms with E-state index in [-0.39, 0.29) is 22.6 Å². The van der Waals surface area contributed by atoms with Crippen LogP contribution in [0.15, 0.2) is 29.9 Å². The lowest BCUT2D eigenvalue weighted by molar-refractivity contribution is -0.119. The van der Waals surface area contributed by atoms with E-state index >= 15 is 0 Å². The van der Waals surface area contributed by atoms with Gasteiger partial charge in [-0.3, -0.25) is 4.79 Å². The molecule has 2 aliphatic rings. The van der Waals surface area contributed by atoms with Crippen LogP contribution in [0, 0.1) is 12.8 Å². The second kappa shape index (κ2) is 6.35. The average Bonchev–Trinajstić information content (AvgIpc) is 3.30. The van der Waals surface area contributed by atoms with Gasteiger partial charge in [-0.1, -0.05) is 47.9 Å². The second-order valence-electron chi connectivity index (χ2n) is 6.63. The quantitative estimate of drug-likeness (QED) is 0.775. The number of carbonyl (C=O) groups is 1. The number of rotatable bonds is 3. The molecule has 4 nitrogen and oxygen atoms in total. The predicted octanol–water partition coefficient (Wildman–Crippen LogP) is 4.65. The predicted molar refractivity (Wildman–Crippen MR) is 101 cm³/mol. The molecule has 0 saturated carbocycles. The molecule has 3 unspecified atom stereocenters. The molecule has 25 heavy (non-hydrogen) atoms. The first-order valence-corrected chi connectivity index (χ1v) is 9.03. The topological polar surface area (TPSA) is 53.1 Å². The number of anilines is 1. The van der Waals surface area contributed by atoms with Crippen molar-refractivity contribution in [2.45, 2.75) is 39.4 Å². The summed E-state index contributed by atoms with van der Waals surface area (Å²) in [5.74, 6) is -0.251. The van der Waals surface area contributed by atoms with Gasteiger partial charge in [-0.15, -0.1) is 0 Å². The number of nitrogens with zero attached hydrogens (tertiary/aromatic N) is 1. The van der Waals surface area contributed by atoms with E-state index in [1.165, 1.54) is 4.90 Å². The molecule has 1 fully saturated rings. The van der Waals surface area contributed by atoms with Crippen LogP contribution in [0.1, 0.15) is 26.3 Å². The molecule has 0 bridgehead atoms. The molecule has 1 aliphatic carbocycles. The van der Waals surface area contributed by atoms with Crippen molar-refractivity contribution in [1.82, 2.24) is 0 Å². The van der Waals surface area contributed by atoms with E-state index in [1.54, 1.807) is 13.0 Å². The van der Waals surface area contributed by atoms with Crippen LogP contribution in [0.4, 0.5) is 5.69 Å². The van der Waals surface area contributed by atoms with Crippen LogP contribution in [0.2, 0.25) is 10.0 Å². The number of hydrogen-bond acceptors (Lipinski definition) is 3. The molecule has 1 aromatic rings. The van der Waals surface area contributed by atoms with Crippen molar-refractivity contribution in [3.05, 3.63) is 45.5 Å². The normalized spacial score (nSPS) is 27.4. The molecule has 0 radical (unpaired) electrons. The SMILES string of the molecule is CCN(C(=O)C1OC12C=CC(C)=CC2C)c1cc(Cl)c(C)c(Cl)c1O. The third-order valence-corrected chi connectivity index (χ3v) is 5.86. The lowest BCUT2D eigenvalue weighted by atomic mass is 9.84. The number of phenols is 1. The van der Waals surface area contributed by atoms with E-state index in [9.17, 15) is 9.90 Å². The van der Waals surface area contributed by atoms with E-state index in [4.69, 9.17) is 27.9 Å². The summed E-state index contributed by atoms with van der Waals surface area (Å²) in [7, 11) is 0. The molecular weight excluding hydrogens is 361 g/mol. The number of amides is 1. The monoisotopic (exact) mass is 381 g/mol. The number of likely N-dealkylation sites (N-methyl/N-ethyl adjacent to an activating group) is 1. The Bertz CT molecular complexity index is 802. The summed E-state index contributed by atoms with van der Waals surface area (Å²) in [5.41, 5.74) is 1.44. The number of aromatic hydroxyl groups is 1. The Morgan fingerprint density at radius 2 is 2.08 bits per heavy atom.